The van der Waals surface area contributed by atoms with Gasteiger partial charge in [-0.25, -0.2) is 15.0 Å². The molecule has 0 bridgehead atoms. The molecule has 0 saturated carbocycles. The molecule has 0 unspecified atom stereocenters. The van der Waals surface area contributed by atoms with Gasteiger partial charge in [0.25, 0.3) is 5.91 Å². The second-order valence-corrected chi connectivity index (χ2v) is 7.63. The van der Waals surface area contributed by atoms with E-state index in [2.05, 4.69) is 15.0 Å². The van der Waals surface area contributed by atoms with E-state index in [0.717, 1.165) is 0 Å². The van der Waals surface area contributed by atoms with Crippen LogP contribution in [0, 0.1) is 0 Å². The Hall–Kier alpha value is -2.74. The van der Waals surface area contributed by atoms with Crippen LogP contribution in [-0.4, -0.2) is 63.7 Å². The predicted molar refractivity (Wildman–Crippen MR) is 112 cm³/mol. The molecule has 0 radical (unpaired) electrons. The highest BCUT2D eigenvalue weighted by atomic mass is 16.5. The van der Waals surface area contributed by atoms with Crippen molar-refractivity contribution >= 4 is 11.9 Å². The molecule has 1 N–H and O–H groups in total. The summed E-state index contributed by atoms with van der Waals surface area (Å²) in [6, 6.07) is 5.16. The topological polar surface area (TPSA) is 91.7 Å². The highest BCUT2D eigenvalue weighted by molar-refractivity contribution is 5.96. The van der Waals surface area contributed by atoms with E-state index in [1.807, 2.05) is 32.7 Å². The molecule has 158 valence electrons. The van der Waals surface area contributed by atoms with Gasteiger partial charge in [-0.2, -0.15) is 0 Å². The fourth-order valence-electron chi connectivity index (χ4n) is 2.69. The predicted octanol–water partition coefficient (Wildman–Crippen LogP) is 2.48. The average molecular weight is 402 g/mol. The van der Waals surface area contributed by atoms with E-state index in [1.165, 1.54) is 0 Å². The van der Waals surface area contributed by atoms with Crippen LogP contribution < -0.4 is 9.64 Å². The first-order valence-electron chi connectivity index (χ1n) is 9.81. The van der Waals surface area contributed by atoms with Crippen molar-refractivity contribution < 1.29 is 14.6 Å². The van der Waals surface area contributed by atoms with Crippen LogP contribution in [0.1, 0.15) is 50.7 Å². The molecule has 0 aliphatic heterocycles. The number of anilines is 1. The van der Waals surface area contributed by atoms with Crippen LogP contribution in [0.2, 0.25) is 0 Å². The van der Waals surface area contributed by atoms with Gasteiger partial charge in [0.1, 0.15) is 11.2 Å². The Balaban J connectivity index is 2.10. The summed E-state index contributed by atoms with van der Waals surface area (Å²) in [4.78, 5) is 29.5. The molecule has 2 aromatic heterocycles. The van der Waals surface area contributed by atoms with Crippen molar-refractivity contribution in [3.05, 3.63) is 41.9 Å². The number of carbonyl (C=O) groups excluding carboxylic acids is 1. The molecule has 0 aromatic carbocycles. The van der Waals surface area contributed by atoms with Crippen LogP contribution in [0.3, 0.4) is 0 Å². The van der Waals surface area contributed by atoms with Crippen molar-refractivity contribution in [3.63, 3.8) is 0 Å². The summed E-state index contributed by atoms with van der Waals surface area (Å²) in [5.41, 5.74) is -0.0496. The lowest BCUT2D eigenvalue weighted by atomic mass is 10.1. The number of hydrogen-bond acceptors (Lipinski definition) is 7. The molecule has 2 aromatic rings. The fourth-order valence-corrected chi connectivity index (χ4v) is 2.69. The van der Waals surface area contributed by atoms with Crippen LogP contribution >= 0.6 is 0 Å². The molecule has 2 heterocycles. The van der Waals surface area contributed by atoms with E-state index in [-0.39, 0.29) is 12.0 Å². The quantitative estimate of drug-likeness (QED) is 0.690. The van der Waals surface area contributed by atoms with Gasteiger partial charge in [0.2, 0.25) is 11.8 Å². The van der Waals surface area contributed by atoms with E-state index in [0.29, 0.717) is 42.7 Å². The number of nitrogens with zero attached hydrogens (tertiary/aromatic N) is 5. The normalized spacial score (nSPS) is 11.4. The standard InChI is InChI=1S/C21H31N5O3/c1-7-26(19(27)16-9-8-11-22-18(16)29-15(2)3)14-13-25(6)20-23-12-10-17(24-20)21(4,5)28/h8-12,15,28H,7,13-14H2,1-6H3. The largest absolute Gasteiger partial charge is 0.474 e. The summed E-state index contributed by atoms with van der Waals surface area (Å²) in [5.74, 6) is 0.717. The Morgan fingerprint density at radius 2 is 1.93 bits per heavy atom. The summed E-state index contributed by atoms with van der Waals surface area (Å²) in [5, 5.41) is 10.2. The van der Waals surface area contributed by atoms with Crippen LogP contribution in [-0.2, 0) is 5.60 Å². The number of hydrogen-bond donors (Lipinski definition) is 1. The summed E-state index contributed by atoms with van der Waals surface area (Å²) in [6.07, 6.45) is 3.17. The van der Waals surface area contributed by atoms with Crippen LogP contribution in [0.5, 0.6) is 5.88 Å². The molecule has 0 atom stereocenters. The maximum absolute atomic E-state index is 13.0. The van der Waals surface area contributed by atoms with Crippen molar-refractivity contribution in [2.75, 3.05) is 31.6 Å². The highest BCUT2D eigenvalue weighted by Gasteiger charge is 2.22. The smallest absolute Gasteiger partial charge is 0.259 e. The molecule has 0 fully saturated rings. The first-order chi connectivity index (χ1) is 13.6. The molecule has 1 amide bonds. The minimum Gasteiger partial charge on any atom is -0.474 e. The summed E-state index contributed by atoms with van der Waals surface area (Å²) in [7, 11) is 1.86. The number of likely N-dealkylation sites (N-methyl/N-ethyl adjacent to an activating group) is 2. The minimum absolute atomic E-state index is 0.0714. The lowest BCUT2D eigenvalue weighted by Crippen LogP contribution is -2.38. The van der Waals surface area contributed by atoms with Crippen LogP contribution in [0.4, 0.5) is 5.95 Å². The van der Waals surface area contributed by atoms with E-state index < -0.39 is 5.60 Å². The van der Waals surface area contributed by atoms with Gasteiger partial charge < -0.3 is 19.6 Å². The third-order valence-corrected chi connectivity index (χ3v) is 4.33. The Labute approximate surface area is 172 Å². The molecule has 8 heteroatoms. The van der Waals surface area contributed by atoms with Gasteiger partial charge >= 0.3 is 0 Å². The maximum Gasteiger partial charge on any atom is 0.259 e. The monoisotopic (exact) mass is 401 g/mol. The first kappa shape index (κ1) is 22.5. The second-order valence-electron chi connectivity index (χ2n) is 7.63. The van der Waals surface area contributed by atoms with E-state index in [4.69, 9.17) is 4.74 Å². The minimum atomic E-state index is -1.04. The van der Waals surface area contributed by atoms with Crippen molar-refractivity contribution in [1.82, 2.24) is 19.9 Å². The van der Waals surface area contributed by atoms with E-state index in [1.54, 1.807) is 49.3 Å². The summed E-state index contributed by atoms with van der Waals surface area (Å²) < 4.78 is 5.69. The molecule has 0 aliphatic carbocycles. The lowest BCUT2D eigenvalue weighted by Gasteiger charge is -2.26. The Morgan fingerprint density at radius 1 is 1.21 bits per heavy atom. The Kier molecular flexibility index (Phi) is 7.50. The van der Waals surface area contributed by atoms with Crippen molar-refractivity contribution in [2.24, 2.45) is 0 Å². The van der Waals surface area contributed by atoms with Gasteiger partial charge in [-0.05, 0) is 52.8 Å². The number of ether oxygens (including phenoxy) is 1. The third kappa shape index (κ3) is 6.12. The van der Waals surface area contributed by atoms with Gasteiger partial charge in [-0.3, -0.25) is 4.79 Å². The molecule has 8 nitrogen and oxygen atoms in total. The second kappa shape index (κ2) is 9.65. The molecule has 0 saturated heterocycles. The van der Waals surface area contributed by atoms with Crippen LogP contribution in [0.25, 0.3) is 0 Å². The Morgan fingerprint density at radius 3 is 2.55 bits per heavy atom. The fraction of sp³-hybridized carbons (Fsp3) is 0.524. The maximum atomic E-state index is 13.0. The van der Waals surface area contributed by atoms with Crippen molar-refractivity contribution in [2.45, 2.75) is 46.3 Å². The van der Waals surface area contributed by atoms with Gasteiger partial charge in [-0.1, -0.05) is 0 Å². The molecular formula is C21H31N5O3. The first-order valence-corrected chi connectivity index (χ1v) is 9.81. The number of rotatable bonds is 9. The van der Waals surface area contributed by atoms with Gasteiger partial charge in [0.05, 0.1) is 11.8 Å². The number of aromatic nitrogens is 3. The highest BCUT2D eigenvalue weighted by Crippen LogP contribution is 2.20. The van der Waals surface area contributed by atoms with Crippen LogP contribution in [0.15, 0.2) is 30.6 Å². The van der Waals surface area contributed by atoms with Crippen molar-refractivity contribution in [1.29, 1.82) is 0 Å². The molecule has 0 aliphatic rings. The molecular weight excluding hydrogens is 370 g/mol. The molecule has 29 heavy (non-hydrogen) atoms. The zero-order valence-corrected chi connectivity index (χ0v) is 18.1. The number of pyridine rings is 1. The van der Waals surface area contributed by atoms with E-state index in [9.17, 15) is 9.90 Å². The van der Waals surface area contributed by atoms with Gasteiger partial charge in [0, 0.05) is 39.1 Å². The average Bonchev–Trinajstić information content (AvgIpc) is 2.67. The van der Waals surface area contributed by atoms with Gasteiger partial charge in [0.15, 0.2) is 0 Å². The number of carbonyl (C=O) groups is 1. The molecule has 0 spiro atoms. The number of aliphatic hydroxyl groups is 1. The summed E-state index contributed by atoms with van der Waals surface area (Å²) in [6.45, 7) is 10.7. The lowest BCUT2D eigenvalue weighted by molar-refractivity contribution is 0.0737. The molecule has 2 rings (SSSR count). The van der Waals surface area contributed by atoms with E-state index >= 15 is 0 Å². The Bertz CT molecular complexity index is 820. The zero-order valence-electron chi connectivity index (χ0n) is 18.1. The van der Waals surface area contributed by atoms with Crippen molar-refractivity contribution in [3.8, 4) is 5.88 Å². The number of amides is 1. The zero-order chi connectivity index (χ0) is 21.6. The third-order valence-electron chi connectivity index (χ3n) is 4.33. The summed E-state index contributed by atoms with van der Waals surface area (Å²) >= 11 is 0. The van der Waals surface area contributed by atoms with Gasteiger partial charge in [-0.15, -0.1) is 0 Å². The SMILES string of the molecule is CCN(CCN(C)c1nccc(C(C)(C)O)n1)C(=O)c1cccnc1OC(C)C.